The Morgan fingerprint density at radius 1 is 0.466 bits per heavy atom. The Hall–Kier alpha value is -10.6. The number of carbonyl (C=O) groups is 7. The van der Waals surface area contributed by atoms with Gasteiger partial charge in [-0.05, 0) is 237 Å². The molecule has 11 heterocycles. The van der Waals surface area contributed by atoms with Crippen LogP contribution in [0.15, 0.2) is 53.9 Å². The number of H-pyrrole nitrogens is 3. The van der Waals surface area contributed by atoms with Gasteiger partial charge in [0.15, 0.2) is 15.6 Å². The predicted octanol–water partition coefficient (Wildman–Crippen LogP) is 12.3. The molecule has 1 saturated carbocycles. The second-order valence-corrected chi connectivity index (χ2v) is 38.7. The fourth-order valence-corrected chi connectivity index (χ4v) is 18.6. The maximum atomic E-state index is 12.2. The SMILES string of the molecule is C.C.CC(=O)OC(C)=O.CC(=O)OC1CCc2c(Cl)ncnc21.CC(=O)OC1CCc2c1ncnc2N1CCN(C(=O)OC(C)(C)C)CC1.CC(C)(C)OC(=O)N1CCN(c2ncnc3c2CCC3O)CC1.CC1CCCC1=O.Cl.Clc1ncnc2c1CCC2.N=S.NC(N)=S.O=C=O.O=c1[nH]c(=S)[nH]c2c1CCC2.O=c1[nH]cnc2c1CCC2.OC1CCc2c1ncnc2N1CCCCC1.O[n+]1cnc(Cl)c2c1CCC2.[Ar]. The summed E-state index contributed by atoms with van der Waals surface area (Å²) in [5, 5.41) is 30.6. The van der Waals surface area contributed by atoms with Gasteiger partial charge in [-0.1, -0.05) is 49.7 Å². The summed E-state index contributed by atoms with van der Waals surface area (Å²) in [6, 6.07) is 0. The maximum Gasteiger partial charge on any atom is 0.410 e. The first-order valence-electron chi connectivity index (χ1n) is 47.6. The van der Waals surface area contributed by atoms with Crippen molar-refractivity contribution in [3.63, 3.8) is 0 Å². The average molecular weight is 2220 g/mol. The van der Waals surface area contributed by atoms with Crippen LogP contribution in [0.5, 0.6) is 0 Å². The van der Waals surface area contributed by atoms with Crippen molar-refractivity contribution in [1.29, 1.82) is 4.78 Å². The topological polar surface area (TPSA) is 593 Å². The summed E-state index contributed by atoms with van der Waals surface area (Å²) in [6.07, 6.45) is 33.9. The van der Waals surface area contributed by atoms with Crippen LogP contribution >= 0.6 is 71.6 Å². The number of hydrogen-bond donors (Lipinski definition) is 9. The van der Waals surface area contributed by atoms with Crippen LogP contribution in [0.4, 0.5) is 27.0 Å². The minimum atomic E-state index is -0.562. The van der Waals surface area contributed by atoms with Crippen LogP contribution in [0.25, 0.3) is 0 Å². The summed E-state index contributed by atoms with van der Waals surface area (Å²) in [4.78, 5) is 183. The molecule has 0 spiro atoms. The molecule has 12 aliphatic rings. The molecule has 148 heavy (non-hydrogen) atoms. The number of ether oxygens (including phenoxy) is 5. The van der Waals surface area contributed by atoms with E-state index in [9.17, 15) is 58.6 Å². The quantitative estimate of drug-likeness (QED) is 0.0147. The monoisotopic (exact) mass is 2220 g/mol. The first-order valence-corrected chi connectivity index (χ1v) is 49.9. The molecule has 8 aromatic heterocycles. The number of aliphatic hydroxyl groups is 2. The minimum Gasteiger partial charge on any atom is -0.456 e. The van der Waals surface area contributed by atoms with Gasteiger partial charge in [-0.2, -0.15) is 9.59 Å². The number of carbonyl (C=O) groups excluding carboxylic acids is 9. The van der Waals surface area contributed by atoms with Crippen LogP contribution in [0.2, 0.25) is 15.5 Å². The number of aromatic amines is 3. The fourth-order valence-electron chi connectivity index (χ4n) is 17.6. The number of nitrogens with two attached hydrogens (primary N) is 2. The number of ketones is 1. The number of fused-ring (bicyclic) bond motifs is 8. The molecule has 11 N–H and O–H groups in total. The Morgan fingerprint density at radius 3 is 1.28 bits per heavy atom. The molecule has 0 radical (unpaired) electrons. The van der Waals surface area contributed by atoms with Crippen molar-refractivity contribution in [2.45, 2.75) is 294 Å². The summed E-state index contributed by atoms with van der Waals surface area (Å²) < 4.78 is 32.1. The summed E-state index contributed by atoms with van der Waals surface area (Å²) in [5.74, 6) is 1.97. The fraction of sp³-hybridized carbons (Fsp3) is 0.577. The summed E-state index contributed by atoms with van der Waals surface area (Å²) in [6.45, 7) is 25.7. The maximum absolute atomic E-state index is 12.2. The number of thiocarbonyl (C=S) groups is 1. The third kappa shape index (κ3) is 40.3. The molecule has 4 fully saturated rings. The van der Waals surface area contributed by atoms with E-state index in [1.54, 1.807) is 16.1 Å². The molecular weight excluding hydrogens is 2080 g/mol. The average Bonchev–Trinajstić information content (AvgIpc) is 1.64. The van der Waals surface area contributed by atoms with Crippen molar-refractivity contribution in [3.05, 3.63) is 175 Å². The normalized spacial score (nSPS) is 17.7. The van der Waals surface area contributed by atoms with Crippen LogP contribution in [-0.2, 0) is 147 Å². The number of esters is 4. The molecule has 3 aliphatic heterocycles. The zero-order valence-corrected chi connectivity index (χ0v) is 89.8. The van der Waals surface area contributed by atoms with Gasteiger partial charge < -0.3 is 85.0 Å². The Balaban J connectivity index is 0.000000346. The molecule has 43 nitrogen and oxygen atoms in total. The van der Waals surface area contributed by atoms with E-state index in [0.29, 0.717) is 90.7 Å². The standard InChI is InChI=1S/C18H26N4O4.C16H24N4O3.C12H17N3O.C9H9ClN2O2.C7H8ClN2O.C7H7ClN2.C7H8N2OS.C7H8N2O.C6H10O.C4H6O3.CH4N2S.CO2.2CH4.Ar.ClH.HNS/c1-12(23)25-14-6-5-13-15(14)19-11-20-16(13)21-7-9-22(10-8-21)17(24)26-18(2,3)4;1-16(2,3)23-15(22)20-8-6-19(7-9-20)14-11-4-5-12(21)13(11)17-10-18-14;16-10-5-4-9-11(10)13-8-14-12(9)15-6-2-1-3-7-15;1-5(13)14-7-3-2-6-8(7)11-4-12-9(6)10;8-7-5-2-1-3-6(5)10(11)4-9-7;8-7-5-2-1-3-6(5)9-4-10-7;10-6-4-2-1-3-5(4)8-7(11)9-6;10-7-5-2-1-3-6(5)8-4-9-7;1-5-3-2-4-6(5)7;1-3(5)7-4(2)6;2-1(3)4;2-1-3;;;;;1-2/h11,14H,5-10H2,1-4H3;10,12,21H,4-9H2,1-3H3;8,10,16H,1-7H2;4,7H,2-3H2,1H3;4,11H,1-3H2;4H,1-3H2;1-3H2,(H2,8,9,10,11);4H,1-3H2,(H,8,9,10);5H,2-4H2,1H3;1-2H3;(H4,2,3,4);;2*1H4;;1H;1H/q;;;;+1;;;;;;;;;;;;. The van der Waals surface area contributed by atoms with Crippen LogP contribution in [0, 0.1) is 53.2 Å². The van der Waals surface area contributed by atoms with E-state index < -0.39 is 29.2 Å². The van der Waals surface area contributed by atoms with E-state index in [-0.39, 0.29) is 130 Å². The van der Waals surface area contributed by atoms with E-state index in [0.717, 1.165) is 255 Å². The molecule has 3 saturated heterocycles. The van der Waals surface area contributed by atoms with Gasteiger partial charge >= 0.3 is 48.5 Å². The number of Topliss-reactive ketones (excluding diaryl/α,β-unsaturated/α-hetero) is 1. The van der Waals surface area contributed by atoms with Crippen LogP contribution in [0.3, 0.4) is 0 Å². The van der Waals surface area contributed by atoms with Gasteiger partial charge in [0, 0.05) is 212 Å². The third-order valence-electron chi connectivity index (χ3n) is 24.0. The number of anilines is 3. The number of amides is 2. The van der Waals surface area contributed by atoms with Crippen LogP contribution < -0.4 is 42.0 Å². The largest absolute Gasteiger partial charge is 0.456 e. The Kier molecular flexibility index (Phi) is 56.2. The van der Waals surface area contributed by atoms with Gasteiger partial charge in [0.2, 0.25) is 5.15 Å². The van der Waals surface area contributed by atoms with Gasteiger partial charge in [-0.15, -0.1) is 12.4 Å². The van der Waals surface area contributed by atoms with E-state index >= 15 is 0 Å². The van der Waals surface area contributed by atoms with E-state index in [1.165, 1.54) is 96.9 Å². The first-order chi connectivity index (χ1) is 68.5. The van der Waals surface area contributed by atoms with Gasteiger partial charge in [0.25, 0.3) is 11.1 Å². The number of halogens is 4. The Labute approximate surface area is 927 Å². The second-order valence-electron chi connectivity index (χ2n) is 36.7. The molecule has 812 valence electrons. The first kappa shape index (κ1) is 130. The van der Waals surface area contributed by atoms with Gasteiger partial charge in [-0.3, -0.25) is 38.5 Å². The number of hydrogen-bond acceptors (Lipinski definition) is 38. The number of aromatic nitrogens is 16. The second kappa shape index (κ2) is 64.2. The number of rotatable bonds is 5. The van der Waals surface area contributed by atoms with Crippen LogP contribution in [-0.4, -0.2) is 230 Å². The third-order valence-corrected chi connectivity index (χ3v) is 25.2. The Bertz CT molecular complexity index is 5920. The van der Waals surface area contributed by atoms with E-state index in [4.69, 9.17) is 80.3 Å². The molecule has 20 rings (SSSR count). The molecule has 9 aliphatic carbocycles. The molecule has 0 bridgehead atoms. The van der Waals surface area contributed by atoms with Crippen molar-refractivity contribution in [3.8, 4) is 0 Å². The number of piperazine rings is 2. The minimum absolute atomic E-state index is 0. The summed E-state index contributed by atoms with van der Waals surface area (Å²) in [5.41, 5.74) is 23.6. The van der Waals surface area contributed by atoms with E-state index in [1.807, 2.05) is 48.5 Å². The molecule has 5 atom stereocenters. The zero-order chi connectivity index (χ0) is 106. The van der Waals surface area contributed by atoms with Crippen molar-refractivity contribution in [1.82, 2.24) is 84.6 Å². The van der Waals surface area contributed by atoms with Gasteiger partial charge in [0.1, 0.15) is 88.6 Å². The summed E-state index contributed by atoms with van der Waals surface area (Å²) in [7, 11) is 0. The smallest absolute Gasteiger partial charge is 0.410 e. The van der Waals surface area contributed by atoms with Gasteiger partial charge in [-0.25, -0.2) is 69.2 Å². The Morgan fingerprint density at radius 2 is 0.858 bits per heavy atom. The van der Waals surface area contributed by atoms with Crippen molar-refractivity contribution < 1.29 is 125 Å². The molecule has 2 amide bonds. The number of aliphatic hydroxyl groups excluding tert-OH is 2. The molecule has 8 aromatic rings. The van der Waals surface area contributed by atoms with E-state index in [2.05, 4.69) is 130 Å². The molecule has 51 heteroatoms. The summed E-state index contributed by atoms with van der Waals surface area (Å²) >= 11 is 29.8. The molecular formula is C97H137ArCl4N24O19S3+. The number of nitrogens with zero attached hydrogens (tertiary/aromatic N) is 18. The predicted molar refractivity (Wildman–Crippen MR) is 558 cm³/mol. The van der Waals surface area contributed by atoms with Crippen molar-refractivity contribution in [2.24, 2.45) is 17.4 Å². The van der Waals surface area contributed by atoms with Crippen molar-refractivity contribution >= 4 is 155 Å². The van der Waals surface area contributed by atoms with Crippen LogP contribution in [0.1, 0.15) is 295 Å². The number of nitrogens with one attached hydrogen (secondary N) is 4. The zero-order valence-electron chi connectivity index (χ0n) is 83.6. The van der Waals surface area contributed by atoms with Crippen molar-refractivity contribution in [2.75, 3.05) is 80.1 Å². The molecule has 5 unspecified atom stereocenters. The number of aryl methyl sites for hydroxylation is 3. The molecule has 0 aromatic carbocycles. The van der Waals surface area contributed by atoms with Gasteiger partial charge in [0.05, 0.1) is 52.6 Å². The number of piperidine rings is 1.